The fraction of sp³-hybridized carbons (Fsp3) is 0.750. The van der Waals surface area contributed by atoms with Crippen LogP contribution in [0.25, 0.3) is 0 Å². The number of hydrogen-bond acceptors (Lipinski definition) is 0. The molecule has 0 unspecified atom stereocenters. The topological polar surface area (TPSA) is 0 Å². The van der Waals surface area contributed by atoms with Gasteiger partial charge in [-0.25, -0.2) is 0 Å². The maximum Gasteiger partial charge on any atom is -0.0141 e. The molecule has 0 spiro atoms. The van der Waals surface area contributed by atoms with Gasteiger partial charge in [-0.2, -0.15) is 0 Å². The summed E-state index contributed by atoms with van der Waals surface area (Å²) < 4.78 is 0. The van der Waals surface area contributed by atoms with E-state index in [0.717, 1.165) is 5.92 Å². The molecule has 0 aromatic rings. The van der Waals surface area contributed by atoms with Crippen LogP contribution < -0.4 is 0 Å². The monoisotopic (exact) mass is 218 g/mol. The highest BCUT2D eigenvalue weighted by Crippen LogP contribution is 2.65. The third kappa shape index (κ3) is 1.67. The Kier molecular flexibility index (Phi) is 2.80. The van der Waals surface area contributed by atoms with E-state index in [1.165, 1.54) is 37.7 Å². The van der Waals surface area contributed by atoms with Crippen LogP contribution in [0.1, 0.15) is 59.8 Å². The minimum Gasteiger partial charge on any atom is -0.0995 e. The normalized spacial score (nSPS) is 41.9. The maximum absolute atomic E-state index is 4.35. The van der Waals surface area contributed by atoms with E-state index in [-0.39, 0.29) is 0 Å². The summed E-state index contributed by atoms with van der Waals surface area (Å²) >= 11 is 0. The van der Waals surface area contributed by atoms with E-state index in [1.807, 2.05) is 0 Å². The molecule has 0 heteroatoms. The van der Waals surface area contributed by atoms with Crippen molar-refractivity contribution in [1.82, 2.24) is 0 Å². The standard InChI is InChI=1S/C16H26/c1-12-7-6-8-13(2)14-11-15(3,4)16(14,5)10-9-12/h7,14H,2,6,8-11H2,1,3-5H3/b12-7+/t14-,16-/m1/s1. The Bertz CT molecular complexity index is 332. The molecule has 2 rings (SSSR count). The zero-order valence-corrected chi connectivity index (χ0v) is 11.4. The Hall–Kier alpha value is -0.520. The van der Waals surface area contributed by atoms with Gasteiger partial charge in [-0.05, 0) is 55.8 Å². The molecular formula is C16H26. The molecule has 0 radical (unpaired) electrons. The van der Waals surface area contributed by atoms with Crippen LogP contribution in [0.5, 0.6) is 0 Å². The van der Waals surface area contributed by atoms with Crippen LogP contribution in [0.4, 0.5) is 0 Å². The largest absolute Gasteiger partial charge is 0.0995 e. The molecule has 0 heterocycles. The maximum atomic E-state index is 4.35. The van der Waals surface area contributed by atoms with Crippen LogP contribution in [-0.4, -0.2) is 0 Å². The van der Waals surface area contributed by atoms with Crippen molar-refractivity contribution in [1.29, 1.82) is 0 Å². The minimum atomic E-state index is 0.490. The first kappa shape index (κ1) is 12.0. The number of rotatable bonds is 0. The van der Waals surface area contributed by atoms with Crippen LogP contribution in [0.3, 0.4) is 0 Å². The SMILES string of the molecule is C=C1CC/C=C(\C)CC[C@]2(C)[C@@H]1CC2(C)C. The van der Waals surface area contributed by atoms with Crippen molar-refractivity contribution >= 4 is 0 Å². The van der Waals surface area contributed by atoms with Crippen molar-refractivity contribution in [3.05, 3.63) is 23.8 Å². The molecule has 2 aliphatic rings. The lowest BCUT2D eigenvalue weighted by atomic mass is 9.43. The van der Waals surface area contributed by atoms with Crippen LogP contribution in [0.15, 0.2) is 23.8 Å². The van der Waals surface area contributed by atoms with Crippen molar-refractivity contribution in [2.75, 3.05) is 0 Å². The van der Waals surface area contributed by atoms with Crippen molar-refractivity contribution in [3.63, 3.8) is 0 Å². The van der Waals surface area contributed by atoms with Gasteiger partial charge in [0.05, 0.1) is 0 Å². The van der Waals surface area contributed by atoms with Gasteiger partial charge >= 0.3 is 0 Å². The molecule has 0 aliphatic heterocycles. The van der Waals surface area contributed by atoms with Crippen molar-refractivity contribution in [2.45, 2.75) is 59.8 Å². The second-order valence-corrected chi connectivity index (χ2v) is 6.81. The lowest BCUT2D eigenvalue weighted by molar-refractivity contribution is -0.0962. The first-order chi connectivity index (χ1) is 7.37. The minimum absolute atomic E-state index is 0.490. The second kappa shape index (κ2) is 3.75. The molecule has 0 nitrogen and oxygen atoms in total. The zero-order chi connectivity index (χ0) is 12.0. The van der Waals surface area contributed by atoms with Gasteiger partial charge in [-0.15, -0.1) is 0 Å². The van der Waals surface area contributed by atoms with Crippen LogP contribution in [-0.2, 0) is 0 Å². The summed E-state index contributed by atoms with van der Waals surface area (Å²) in [6.07, 6.45) is 8.80. The Morgan fingerprint density at radius 1 is 1.25 bits per heavy atom. The van der Waals surface area contributed by atoms with Crippen molar-refractivity contribution in [3.8, 4) is 0 Å². The average Bonchev–Trinajstić information content (AvgIpc) is 2.25. The van der Waals surface area contributed by atoms with E-state index in [0.29, 0.717) is 10.8 Å². The van der Waals surface area contributed by atoms with Gasteiger partial charge in [0.2, 0.25) is 0 Å². The molecule has 2 aliphatic carbocycles. The lowest BCUT2D eigenvalue weighted by Gasteiger charge is -2.62. The Morgan fingerprint density at radius 2 is 1.94 bits per heavy atom. The molecular weight excluding hydrogens is 192 g/mol. The van der Waals surface area contributed by atoms with Crippen molar-refractivity contribution < 1.29 is 0 Å². The van der Waals surface area contributed by atoms with E-state index < -0.39 is 0 Å². The zero-order valence-electron chi connectivity index (χ0n) is 11.4. The highest BCUT2D eigenvalue weighted by molar-refractivity contribution is 5.21. The Labute approximate surface area is 101 Å². The molecule has 16 heavy (non-hydrogen) atoms. The fourth-order valence-corrected chi connectivity index (χ4v) is 3.65. The molecule has 1 saturated carbocycles. The first-order valence-corrected chi connectivity index (χ1v) is 6.70. The van der Waals surface area contributed by atoms with Gasteiger partial charge in [0.15, 0.2) is 0 Å². The quantitative estimate of drug-likeness (QED) is 0.495. The number of fused-ring (bicyclic) bond motifs is 1. The molecule has 0 N–H and O–H groups in total. The summed E-state index contributed by atoms with van der Waals surface area (Å²) in [5.74, 6) is 0.779. The lowest BCUT2D eigenvalue weighted by Crippen LogP contribution is -2.53. The van der Waals surface area contributed by atoms with Crippen LogP contribution in [0, 0.1) is 16.7 Å². The van der Waals surface area contributed by atoms with E-state index in [1.54, 1.807) is 5.57 Å². The third-order valence-electron chi connectivity index (χ3n) is 5.52. The van der Waals surface area contributed by atoms with Gasteiger partial charge < -0.3 is 0 Å². The average molecular weight is 218 g/mol. The van der Waals surface area contributed by atoms with E-state index in [4.69, 9.17) is 0 Å². The summed E-state index contributed by atoms with van der Waals surface area (Å²) in [7, 11) is 0. The van der Waals surface area contributed by atoms with E-state index in [2.05, 4.69) is 40.3 Å². The molecule has 0 amide bonds. The third-order valence-corrected chi connectivity index (χ3v) is 5.52. The highest BCUT2D eigenvalue weighted by atomic mass is 14.6. The van der Waals surface area contributed by atoms with Gasteiger partial charge in [-0.3, -0.25) is 0 Å². The molecule has 0 aromatic carbocycles. The van der Waals surface area contributed by atoms with Gasteiger partial charge in [-0.1, -0.05) is 44.6 Å². The first-order valence-electron chi connectivity index (χ1n) is 6.70. The summed E-state index contributed by atoms with van der Waals surface area (Å²) in [5.41, 5.74) is 4.08. The number of hydrogen-bond donors (Lipinski definition) is 0. The summed E-state index contributed by atoms with van der Waals surface area (Å²) in [5, 5.41) is 0. The predicted octanol–water partition coefficient (Wildman–Crippen LogP) is 5.12. The summed E-state index contributed by atoms with van der Waals surface area (Å²) in [4.78, 5) is 0. The molecule has 1 fully saturated rings. The smallest absolute Gasteiger partial charge is 0.0141 e. The van der Waals surface area contributed by atoms with Crippen molar-refractivity contribution in [2.24, 2.45) is 16.7 Å². The molecule has 0 saturated heterocycles. The van der Waals surface area contributed by atoms with Crippen LogP contribution in [0.2, 0.25) is 0 Å². The van der Waals surface area contributed by atoms with E-state index in [9.17, 15) is 0 Å². The summed E-state index contributed by atoms with van der Waals surface area (Å²) in [6, 6.07) is 0. The number of allylic oxidation sites excluding steroid dienone is 3. The van der Waals surface area contributed by atoms with Gasteiger partial charge in [0.25, 0.3) is 0 Å². The van der Waals surface area contributed by atoms with Gasteiger partial charge in [0.1, 0.15) is 0 Å². The van der Waals surface area contributed by atoms with E-state index >= 15 is 0 Å². The molecule has 2 atom stereocenters. The summed E-state index contributed by atoms with van der Waals surface area (Å²) in [6.45, 7) is 14.0. The molecule has 90 valence electrons. The highest BCUT2D eigenvalue weighted by Gasteiger charge is 2.56. The molecule has 0 aromatic heterocycles. The Balaban J connectivity index is 2.24. The predicted molar refractivity (Wildman–Crippen MR) is 71.4 cm³/mol. The molecule has 0 bridgehead atoms. The van der Waals surface area contributed by atoms with Gasteiger partial charge in [0, 0.05) is 0 Å². The second-order valence-electron chi connectivity index (χ2n) is 6.81. The Morgan fingerprint density at radius 3 is 2.56 bits per heavy atom. The van der Waals surface area contributed by atoms with Crippen LogP contribution >= 0.6 is 0 Å². The fourth-order valence-electron chi connectivity index (χ4n) is 3.65.